The molecule has 2 rings (SSSR count). The predicted molar refractivity (Wildman–Crippen MR) is 66.4 cm³/mol. The van der Waals surface area contributed by atoms with Crippen LogP contribution >= 0.6 is 0 Å². The average Bonchev–Trinajstić information content (AvgIpc) is 3.08. The van der Waals surface area contributed by atoms with Gasteiger partial charge in [-0.3, -0.25) is 4.90 Å². The maximum Gasteiger partial charge on any atom is 0.0698 e. The van der Waals surface area contributed by atoms with E-state index in [1.165, 1.54) is 32.2 Å². The monoisotopic (exact) mass is 226 g/mol. The Morgan fingerprint density at radius 1 is 1.50 bits per heavy atom. The first-order chi connectivity index (χ1) is 7.55. The fourth-order valence-corrected chi connectivity index (χ4v) is 3.06. The van der Waals surface area contributed by atoms with Crippen LogP contribution in [0.3, 0.4) is 0 Å². The summed E-state index contributed by atoms with van der Waals surface area (Å²) in [5.74, 6) is 0. The molecule has 0 aromatic rings. The number of hydrogen-bond donors (Lipinski definition) is 1. The summed E-state index contributed by atoms with van der Waals surface area (Å²) in [6.45, 7) is 7.73. The number of likely N-dealkylation sites (tertiary alicyclic amines) is 1. The summed E-state index contributed by atoms with van der Waals surface area (Å²) >= 11 is 0. The van der Waals surface area contributed by atoms with E-state index < -0.39 is 0 Å². The normalized spacial score (nSPS) is 33.4. The van der Waals surface area contributed by atoms with E-state index in [0.717, 1.165) is 13.1 Å². The molecule has 2 atom stereocenters. The SMILES string of the molecule is COC1CCCN(C(C)(CN)C2(C)CC2)C1. The topological polar surface area (TPSA) is 38.5 Å². The number of piperidine rings is 1. The lowest BCUT2D eigenvalue weighted by Crippen LogP contribution is -2.60. The summed E-state index contributed by atoms with van der Waals surface area (Å²) in [6, 6.07) is 0. The van der Waals surface area contributed by atoms with Crippen LogP contribution in [0.2, 0.25) is 0 Å². The Morgan fingerprint density at radius 3 is 2.69 bits per heavy atom. The maximum atomic E-state index is 6.07. The Morgan fingerprint density at radius 2 is 2.19 bits per heavy atom. The molecule has 0 aromatic heterocycles. The first kappa shape index (κ1) is 12.3. The first-order valence-corrected chi connectivity index (χ1v) is 6.54. The highest BCUT2D eigenvalue weighted by Gasteiger charge is 2.55. The van der Waals surface area contributed by atoms with Crippen LogP contribution in [-0.4, -0.2) is 43.3 Å². The van der Waals surface area contributed by atoms with Gasteiger partial charge in [-0.25, -0.2) is 0 Å². The van der Waals surface area contributed by atoms with Crippen molar-refractivity contribution >= 4 is 0 Å². The molecule has 1 aliphatic heterocycles. The first-order valence-electron chi connectivity index (χ1n) is 6.54. The van der Waals surface area contributed by atoms with Gasteiger partial charge < -0.3 is 10.5 Å². The van der Waals surface area contributed by atoms with Gasteiger partial charge in [0.25, 0.3) is 0 Å². The fourth-order valence-electron chi connectivity index (χ4n) is 3.06. The zero-order valence-corrected chi connectivity index (χ0v) is 11.0. The molecule has 2 fully saturated rings. The summed E-state index contributed by atoms with van der Waals surface area (Å²) < 4.78 is 5.51. The van der Waals surface area contributed by atoms with E-state index in [1.54, 1.807) is 0 Å². The molecular formula is C13H26N2O. The molecule has 1 aliphatic carbocycles. The van der Waals surface area contributed by atoms with Crippen molar-refractivity contribution < 1.29 is 4.74 Å². The number of nitrogens with two attached hydrogens (primary N) is 1. The molecule has 1 saturated heterocycles. The summed E-state index contributed by atoms with van der Waals surface area (Å²) in [7, 11) is 1.83. The van der Waals surface area contributed by atoms with Crippen molar-refractivity contribution in [3.05, 3.63) is 0 Å². The Labute approximate surface area is 99.3 Å². The van der Waals surface area contributed by atoms with Gasteiger partial charge in [0.1, 0.15) is 0 Å². The van der Waals surface area contributed by atoms with Gasteiger partial charge >= 0.3 is 0 Å². The second-order valence-electron chi connectivity index (χ2n) is 5.98. The van der Waals surface area contributed by atoms with Crippen molar-refractivity contribution in [1.82, 2.24) is 4.90 Å². The molecule has 1 heterocycles. The molecule has 16 heavy (non-hydrogen) atoms. The maximum absolute atomic E-state index is 6.07. The quantitative estimate of drug-likeness (QED) is 0.791. The van der Waals surface area contributed by atoms with Crippen LogP contribution in [0.1, 0.15) is 39.5 Å². The minimum absolute atomic E-state index is 0.171. The van der Waals surface area contributed by atoms with Crippen molar-refractivity contribution in [1.29, 1.82) is 0 Å². The van der Waals surface area contributed by atoms with Crippen LogP contribution in [-0.2, 0) is 4.74 Å². The van der Waals surface area contributed by atoms with Crippen molar-refractivity contribution in [2.45, 2.75) is 51.2 Å². The molecule has 0 radical (unpaired) electrons. The molecule has 2 aliphatic rings. The summed E-state index contributed by atoms with van der Waals surface area (Å²) in [6.07, 6.45) is 5.50. The molecule has 94 valence electrons. The molecule has 0 spiro atoms. The summed E-state index contributed by atoms with van der Waals surface area (Å²) in [4.78, 5) is 2.58. The molecule has 3 heteroatoms. The smallest absolute Gasteiger partial charge is 0.0698 e. The molecule has 0 amide bonds. The van der Waals surface area contributed by atoms with E-state index in [2.05, 4.69) is 18.7 Å². The van der Waals surface area contributed by atoms with Crippen LogP contribution in [0, 0.1) is 5.41 Å². The van der Waals surface area contributed by atoms with E-state index in [4.69, 9.17) is 10.5 Å². The zero-order chi connectivity index (χ0) is 11.8. The predicted octanol–water partition coefficient (Wildman–Crippen LogP) is 1.61. The molecule has 0 aromatic carbocycles. The standard InChI is InChI=1S/C13H26N2O/c1-12(6-7-12)13(2,10-14)15-8-4-5-11(9-15)16-3/h11H,4-10,14H2,1-3H3. The van der Waals surface area contributed by atoms with E-state index in [-0.39, 0.29) is 5.54 Å². The largest absolute Gasteiger partial charge is 0.380 e. The van der Waals surface area contributed by atoms with Gasteiger partial charge in [-0.05, 0) is 44.6 Å². The highest BCUT2D eigenvalue weighted by molar-refractivity contribution is 5.10. The number of nitrogens with zero attached hydrogens (tertiary/aromatic N) is 1. The number of methoxy groups -OCH3 is 1. The third-order valence-corrected chi connectivity index (χ3v) is 5.11. The second kappa shape index (κ2) is 4.28. The lowest BCUT2D eigenvalue weighted by molar-refractivity contribution is -0.0353. The van der Waals surface area contributed by atoms with Crippen LogP contribution in [0.25, 0.3) is 0 Å². The molecule has 0 bridgehead atoms. The molecule has 2 N–H and O–H groups in total. The number of rotatable bonds is 4. The number of ether oxygens (including phenoxy) is 1. The minimum Gasteiger partial charge on any atom is -0.380 e. The second-order valence-corrected chi connectivity index (χ2v) is 5.98. The average molecular weight is 226 g/mol. The molecular weight excluding hydrogens is 200 g/mol. The lowest BCUT2D eigenvalue weighted by atomic mass is 9.80. The Balaban J connectivity index is 2.09. The van der Waals surface area contributed by atoms with Crippen LogP contribution in [0.4, 0.5) is 0 Å². The van der Waals surface area contributed by atoms with Gasteiger partial charge in [-0.15, -0.1) is 0 Å². The fraction of sp³-hybridized carbons (Fsp3) is 1.00. The van der Waals surface area contributed by atoms with Gasteiger partial charge in [0.05, 0.1) is 6.10 Å². The van der Waals surface area contributed by atoms with Crippen LogP contribution < -0.4 is 5.73 Å². The molecule has 3 nitrogen and oxygen atoms in total. The Bertz CT molecular complexity index is 252. The van der Waals surface area contributed by atoms with E-state index in [0.29, 0.717) is 11.5 Å². The highest BCUT2D eigenvalue weighted by Crippen LogP contribution is 2.55. The van der Waals surface area contributed by atoms with Gasteiger partial charge in [-0.1, -0.05) is 6.92 Å². The Kier molecular flexibility index (Phi) is 3.30. The van der Waals surface area contributed by atoms with E-state index >= 15 is 0 Å². The van der Waals surface area contributed by atoms with E-state index in [9.17, 15) is 0 Å². The van der Waals surface area contributed by atoms with E-state index in [1.807, 2.05) is 7.11 Å². The molecule has 2 unspecified atom stereocenters. The van der Waals surface area contributed by atoms with Crippen molar-refractivity contribution in [3.8, 4) is 0 Å². The number of hydrogen-bond acceptors (Lipinski definition) is 3. The van der Waals surface area contributed by atoms with Crippen LogP contribution in [0.5, 0.6) is 0 Å². The van der Waals surface area contributed by atoms with Crippen LogP contribution in [0.15, 0.2) is 0 Å². The summed E-state index contributed by atoms with van der Waals surface area (Å²) in [5.41, 5.74) is 6.68. The van der Waals surface area contributed by atoms with Gasteiger partial charge in [0.15, 0.2) is 0 Å². The Hall–Kier alpha value is -0.120. The molecule has 1 saturated carbocycles. The van der Waals surface area contributed by atoms with Crippen molar-refractivity contribution in [3.63, 3.8) is 0 Å². The lowest BCUT2D eigenvalue weighted by Gasteiger charge is -2.48. The highest BCUT2D eigenvalue weighted by atomic mass is 16.5. The third kappa shape index (κ3) is 1.89. The van der Waals surface area contributed by atoms with Gasteiger partial charge in [0, 0.05) is 25.7 Å². The third-order valence-electron chi connectivity index (χ3n) is 5.11. The van der Waals surface area contributed by atoms with Crippen molar-refractivity contribution in [2.24, 2.45) is 11.1 Å². The zero-order valence-electron chi connectivity index (χ0n) is 11.0. The van der Waals surface area contributed by atoms with Gasteiger partial charge in [0.2, 0.25) is 0 Å². The van der Waals surface area contributed by atoms with Gasteiger partial charge in [-0.2, -0.15) is 0 Å². The summed E-state index contributed by atoms with van der Waals surface area (Å²) in [5, 5.41) is 0. The minimum atomic E-state index is 0.171. The van der Waals surface area contributed by atoms with Crippen molar-refractivity contribution in [2.75, 3.05) is 26.7 Å².